The molecule has 0 radical (unpaired) electrons. The summed E-state index contributed by atoms with van der Waals surface area (Å²) in [5.41, 5.74) is 8.01. The number of fused-ring (bicyclic) bond motifs is 1. The summed E-state index contributed by atoms with van der Waals surface area (Å²) < 4.78 is 5.44. The standard InChI is InChI=1S/C13H17NO2/c1-9(15)12(8-14)7-10-2-3-13-11(6-10)4-5-16-13/h2-3,6,12H,4-5,7-8,14H2,1H3/t12-/m0/s1. The number of benzene rings is 1. The SMILES string of the molecule is CC(=O)[C@H](CN)Cc1ccc2c(c1)CCO2. The van der Waals surface area contributed by atoms with Crippen molar-refractivity contribution in [1.82, 2.24) is 0 Å². The van der Waals surface area contributed by atoms with E-state index in [1.54, 1.807) is 6.92 Å². The Hall–Kier alpha value is -1.35. The van der Waals surface area contributed by atoms with Crippen LogP contribution in [0.4, 0.5) is 0 Å². The third kappa shape index (κ3) is 2.25. The van der Waals surface area contributed by atoms with E-state index in [1.165, 1.54) is 11.1 Å². The van der Waals surface area contributed by atoms with Crippen molar-refractivity contribution in [3.05, 3.63) is 29.3 Å². The molecule has 16 heavy (non-hydrogen) atoms. The van der Waals surface area contributed by atoms with Crippen molar-refractivity contribution in [3.8, 4) is 5.75 Å². The zero-order chi connectivity index (χ0) is 11.5. The van der Waals surface area contributed by atoms with Crippen molar-refractivity contribution in [3.63, 3.8) is 0 Å². The molecule has 1 aliphatic rings. The molecule has 1 aromatic carbocycles. The molecule has 0 unspecified atom stereocenters. The lowest BCUT2D eigenvalue weighted by atomic mass is 9.95. The predicted octanol–water partition coefficient (Wildman–Crippen LogP) is 1.33. The molecule has 0 spiro atoms. The van der Waals surface area contributed by atoms with Crippen LogP contribution in [0.5, 0.6) is 5.75 Å². The van der Waals surface area contributed by atoms with Gasteiger partial charge in [-0.3, -0.25) is 4.79 Å². The average Bonchev–Trinajstić information content (AvgIpc) is 2.72. The zero-order valence-electron chi connectivity index (χ0n) is 9.53. The van der Waals surface area contributed by atoms with Crippen LogP contribution in [0.25, 0.3) is 0 Å². The molecule has 0 bridgehead atoms. The maximum absolute atomic E-state index is 11.3. The number of nitrogens with two attached hydrogens (primary N) is 1. The lowest BCUT2D eigenvalue weighted by Crippen LogP contribution is -2.23. The number of rotatable bonds is 4. The molecule has 1 aliphatic heterocycles. The number of carbonyl (C=O) groups excluding carboxylic acids is 1. The van der Waals surface area contributed by atoms with Crippen LogP contribution < -0.4 is 10.5 Å². The maximum atomic E-state index is 11.3. The first-order chi connectivity index (χ1) is 7.70. The zero-order valence-corrected chi connectivity index (χ0v) is 9.53. The molecule has 0 aliphatic carbocycles. The van der Waals surface area contributed by atoms with E-state index in [4.69, 9.17) is 10.5 Å². The molecule has 1 atom stereocenters. The number of hydrogen-bond donors (Lipinski definition) is 1. The van der Waals surface area contributed by atoms with E-state index in [-0.39, 0.29) is 11.7 Å². The Morgan fingerprint density at radius 2 is 2.38 bits per heavy atom. The van der Waals surface area contributed by atoms with Gasteiger partial charge in [0.2, 0.25) is 0 Å². The Morgan fingerprint density at radius 3 is 3.06 bits per heavy atom. The molecular weight excluding hydrogens is 202 g/mol. The fraction of sp³-hybridized carbons (Fsp3) is 0.462. The van der Waals surface area contributed by atoms with Gasteiger partial charge < -0.3 is 10.5 Å². The molecule has 0 saturated heterocycles. The van der Waals surface area contributed by atoms with E-state index in [9.17, 15) is 4.79 Å². The highest BCUT2D eigenvalue weighted by atomic mass is 16.5. The van der Waals surface area contributed by atoms with Crippen LogP contribution in [0.15, 0.2) is 18.2 Å². The molecule has 0 aromatic heterocycles. The second-order valence-electron chi connectivity index (χ2n) is 4.29. The number of ether oxygens (including phenoxy) is 1. The highest BCUT2D eigenvalue weighted by molar-refractivity contribution is 5.78. The van der Waals surface area contributed by atoms with Gasteiger partial charge in [-0.2, -0.15) is 0 Å². The monoisotopic (exact) mass is 219 g/mol. The van der Waals surface area contributed by atoms with Crippen molar-refractivity contribution in [2.24, 2.45) is 11.7 Å². The quantitative estimate of drug-likeness (QED) is 0.831. The smallest absolute Gasteiger partial charge is 0.134 e. The largest absolute Gasteiger partial charge is 0.493 e. The molecule has 0 amide bonds. The molecule has 3 nitrogen and oxygen atoms in total. The summed E-state index contributed by atoms with van der Waals surface area (Å²) in [6, 6.07) is 6.15. The molecule has 0 fully saturated rings. The first-order valence-electron chi connectivity index (χ1n) is 5.66. The van der Waals surface area contributed by atoms with Gasteiger partial charge in [-0.1, -0.05) is 12.1 Å². The van der Waals surface area contributed by atoms with Crippen molar-refractivity contribution in [2.45, 2.75) is 19.8 Å². The maximum Gasteiger partial charge on any atom is 0.134 e. The van der Waals surface area contributed by atoms with Crippen LogP contribution in [0, 0.1) is 5.92 Å². The molecular formula is C13H17NO2. The summed E-state index contributed by atoms with van der Waals surface area (Å²) >= 11 is 0. The van der Waals surface area contributed by atoms with E-state index in [2.05, 4.69) is 6.07 Å². The van der Waals surface area contributed by atoms with Gasteiger partial charge in [-0.05, 0) is 30.5 Å². The average molecular weight is 219 g/mol. The normalized spacial score (nSPS) is 15.4. The molecule has 3 heteroatoms. The molecule has 86 valence electrons. The topological polar surface area (TPSA) is 52.3 Å². The predicted molar refractivity (Wildman–Crippen MR) is 62.6 cm³/mol. The summed E-state index contributed by atoms with van der Waals surface area (Å²) in [5, 5.41) is 0. The molecule has 0 saturated carbocycles. The summed E-state index contributed by atoms with van der Waals surface area (Å²) in [7, 11) is 0. The Balaban J connectivity index is 2.13. The van der Waals surface area contributed by atoms with Crippen molar-refractivity contribution in [2.75, 3.05) is 13.2 Å². The van der Waals surface area contributed by atoms with Crippen LogP contribution in [-0.2, 0) is 17.6 Å². The second kappa shape index (κ2) is 4.66. The lowest BCUT2D eigenvalue weighted by Gasteiger charge is -2.11. The van der Waals surface area contributed by atoms with Gasteiger partial charge in [0.05, 0.1) is 6.61 Å². The van der Waals surface area contributed by atoms with E-state index in [1.807, 2.05) is 12.1 Å². The van der Waals surface area contributed by atoms with Crippen LogP contribution in [-0.4, -0.2) is 18.9 Å². The Bertz CT molecular complexity index is 401. The van der Waals surface area contributed by atoms with E-state index >= 15 is 0 Å². The molecule has 2 rings (SSSR count). The lowest BCUT2D eigenvalue weighted by molar-refractivity contribution is -0.120. The summed E-state index contributed by atoms with van der Waals surface area (Å²) in [6.07, 6.45) is 1.70. The first kappa shape index (κ1) is 11.1. The number of carbonyl (C=O) groups is 1. The van der Waals surface area contributed by atoms with Gasteiger partial charge in [-0.25, -0.2) is 0 Å². The number of Topliss-reactive ketones (excluding diaryl/α,β-unsaturated/α-hetero) is 1. The third-order valence-electron chi connectivity index (χ3n) is 3.10. The fourth-order valence-corrected chi connectivity index (χ4v) is 2.04. The summed E-state index contributed by atoms with van der Waals surface area (Å²) in [5.74, 6) is 1.09. The highest BCUT2D eigenvalue weighted by Crippen LogP contribution is 2.26. The second-order valence-corrected chi connectivity index (χ2v) is 4.29. The van der Waals surface area contributed by atoms with Gasteiger partial charge in [0, 0.05) is 18.9 Å². The van der Waals surface area contributed by atoms with Crippen LogP contribution in [0.1, 0.15) is 18.1 Å². The van der Waals surface area contributed by atoms with Crippen LogP contribution in [0.3, 0.4) is 0 Å². The van der Waals surface area contributed by atoms with E-state index in [0.29, 0.717) is 6.54 Å². The number of hydrogen-bond acceptors (Lipinski definition) is 3. The first-order valence-corrected chi connectivity index (χ1v) is 5.66. The minimum absolute atomic E-state index is 0.0552. The van der Waals surface area contributed by atoms with Crippen molar-refractivity contribution < 1.29 is 9.53 Å². The van der Waals surface area contributed by atoms with Gasteiger partial charge in [0.25, 0.3) is 0 Å². The minimum atomic E-state index is -0.0552. The third-order valence-corrected chi connectivity index (χ3v) is 3.10. The van der Waals surface area contributed by atoms with Crippen molar-refractivity contribution in [1.29, 1.82) is 0 Å². The van der Waals surface area contributed by atoms with Gasteiger partial charge >= 0.3 is 0 Å². The molecule has 1 aromatic rings. The fourth-order valence-electron chi connectivity index (χ4n) is 2.04. The van der Waals surface area contributed by atoms with E-state index in [0.717, 1.165) is 25.2 Å². The minimum Gasteiger partial charge on any atom is -0.493 e. The van der Waals surface area contributed by atoms with E-state index < -0.39 is 0 Å². The Kier molecular flexibility index (Phi) is 3.25. The van der Waals surface area contributed by atoms with Gasteiger partial charge in [-0.15, -0.1) is 0 Å². The summed E-state index contributed by atoms with van der Waals surface area (Å²) in [6.45, 7) is 2.79. The molecule has 2 N–H and O–H groups in total. The Labute approximate surface area is 95.6 Å². The van der Waals surface area contributed by atoms with Crippen molar-refractivity contribution >= 4 is 5.78 Å². The number of ketones is 1. The highest BCUT2D eigenvalue weighted by Gasteiger charge is 2.16. The summed E-state index contributed by atoms with van der Waals surface area (Å²) in [4.78, 5) is 11.3. The molecule has 1 heterocycles. The van der Waals surface area contributed by atoms with Crippen LogP contribution >= 0.6 is 0 Å². The van der Waals surface area contributed by atoms with Crippen LogP contribution in [0.2, 0.25) is 0 Å². The van der Waals surface area contributed by atoms with Gasteiger partial charge in [0.15, 0.2) is 0 Å². The Morgan fingerprint density at radius 1 is 1.56 bits per heavy atom. The van der Waals surface area contributed by atoms with Gasteiger partial charge in [0.1, 0.15) is 11.5 Å².